The fraction of sp³-hybridized carbons (Fsp3) is 0.333. The summed E-state index contributed by atoms with van der Waals surface area (Å²) in [6.45, 7) is 4.73. The molecule has 0 aliphatic heterocycles. The van der Waals surface area contributed by atoms with E-state index in [0.29, 0.717) is 18.2 Å². The highest BCUT2D eigenvalue weighted by Crippen LogP contribution is 2.15. The van der Waals surface area contributed by atoms with E-state index in [0.717, 1.165) is 10.7 Å². The average Bonchev–Trinajstić information content (AvgIpc) is 2.87. The second kappa shape index (κ2) is 10.2. The number of thiazole rings is 1. The molecule has 0 fully saturated rings. The van der Waals surface area contributed by atoms with Gasteiger partial charge in [-0.3, -0.25) is 14.8 Å². The number of halogens is 1. The molecule has 130 valence electrons. The van der Waals surface area contributed by atoms with Crippen LogP contribution < -0.4 is 16.0 Å². The van der Waals surface area contributed by atoms with Gasteiger partial charge in [0.15, 0.2) is 5.96 Å². The molecule has 0 aliphatic rings. The predicted molar refractivity (Wildman–Crippen MR) is 108 cm³/mol. The highest BCUT2D eigenvalue weighted by molar-refractivity contribution is 14.0. The first-order valence-corrected chi connectivity index (χ1v) is 7.97. The fourth-order valence-corrected chi connectivity index (χ4v) is 2.67. The van der Waals surface area contributed by atoms with E-state index < -0.39 is 0 Å². The zero-order valence-electron chi connectivity index (χ0n) is 13.8. The van der Waals surface area contributed by atoms with Crippen molar-refractivity contribution < 1.29 is 4.79 Å². The Morgan fingerprint density at radius 1 is 1.33 bits per heavy atom. The second-order valence-electron chi connectivity index (χ2n) is 4.82. The minimum atomic E-state index is -0.165. The second-order valence-corrected chi connectivity index (χ2v) is 6.11. The maximum atomic E-state index is 11.9. The molecule has 2 heterocycles. The molecule has 0 spiro atoms. The summed E-state index contributed by atoms with van der Waals surface area (Å²) in [5.74, 6) is 0.388. The normalized spacial score (nSPS) is 10.7. The quantitative estimate of drug-likeness (QED) is 0.361. The number of nitrogens with zero attached hydrogens (tertiary/aromatic N) is 3. The molecule has 3 N–H and O–H groups in total. The number of guanidine groups is 1. The molecule has 24 heavy (non-hydrogen) atoms. The van der Waals surface area contributed by atoms with Gasteiger partial charge in [-0.2, -0.15) is 0 Å². The van der Waals surface area contributed by atoms with Crippen LogP contribution in [0.25, 0.3) is 0 Å². The number of aliphatic imine (C=N–C) groups is 1. The first-order valence-electron chi connectivity index (χ1n) is 7.16. The number of nitrogens with one attached hydrogen (secondary N) is 3. The fourth-order valence-electron chi connectivity index (χ4n) is 1.80. The number of hydrogen-bond acceptors (Lipinski definition) is 5. The van der Waals surface area contributed by atoms with E-state index in [1.54, 1.807) is 42.9 Å². The van der Waals surface area contributed by atoms with Gasteiger partial charge in [-0.1, -0.05) is 0 Å². The molecule has 0 radical (unpaired) electrons. The monoisotopic (exact) mass is 460 g/mol. The van der Waals surface area contributed by atoms with Crippen LogP contribution in [0.4, 0.5) is 5.69 Å². The number of aryl methyl sites for hydroxylation is 2. The van der Waals surface area contributed by atoms with Gasteiger partial charge in [-0.25, -0.2) is 4.98 Å². The molecule has 0 aliphatic carbocycles. The lowest BCUT2D eigenvalue weighted by molar-refractivity contribution is -0.115. The van der Waals surface area contributed by atoms with Crippen molar-refractivity contribution in [3.05, 3.63) is 40.1 Å². The van der Waals surface area contributed by atoms with Crippen molar-refractivity contribution >= 4 is 52.9 Å². The van der Waals surface area contributed by atoms with Gasteiger partial charge >= 0.3 is 0 Å². The van der Waals surface area contributed by atoms with E-state index in [-0.39, 0.29) is 36.4 Å². The molecule has 0 atom stereocenters. The van der Waals surface area contributed by atoms with E-state index in [1.165, 1.54) is 4.88 Å². The van der Waals surface area contributed by atoms with Gasteiger partial charge in [0.25, 0.3) is 0 Å². The first kappa shape index (κ1) is 20.3. The number of rotatable bonds is 5. The molecule has 2 rings (SSSR count). The Balaban J connectivity index is 0.00000288. The Labute approximate surface area is 162 Å². The lowest BCUT2D eigenvalue weighted by Gasteiger charge is -2.11. The third-order valence-electron chi connectivity index (χ3n) is 3.07. The van der Waals surface area contributed by atoms with Crippen molar-refractivity contribution in [2.45, 2.75) is 20.4 Å². The average molecular weight is 460 g/mol. The van der Waals surface area contributed by atoms with Gasteiger partial charge in [0.05, 0.1) is 30.7 Å². The van der Waals surface area contributed by atoms with Crippen molar-refractivity contribution in [3.8, 4) is 0 Å². The van der Waals surface area contributed by atoms with Crippen molar-refractivity contribution in [1.82, 2.24) is 20.6 Å². The largest absolute Gasteiger partial charge is 0.350 e. The Bertz CT molecular complexity index is 669. The number of aromatic nitrogens is 2. The van der Waals surface area contributed by atoms with Crippen molar-refractivity contribution in [2.75, 3.05) is 18.9 Å². The zero-order valence-corrected chi connectivity index (χ0v) is 16.9. The number of amides is 1. The Kier molecular flexibility index (Phi) is 8.61. The summed E-state index contributed by atoms with van der Waals surface area (Å²) in [7, 11) is 1.66. The lowest BCUT2D eigenvalue weighted by Crippen LogP contribution is -2.41. The number of carbonyl (C=O) groups excluding carboxylic acids is 1. The van der Waals surface area contributed by atoms with Crippen LogP contribution in [-0.4, -0.2) is 35.4 Å². The van der Waals surface area contributed by atoms with Gasteiger partial charge in [-0.15, -0.1) is 35.3 Å². The van der Waals surface area contributed by atoms with Gasteiger partial charge in [0, 0.05) is 18.1 Å². The summed E-state index contributed by atoms with van der Waals surface area (Å²) in [6.07, 6.45) is 3.25. The topological polar surface area (TPSA) is 91.3 Å². The number of anilines is 1. The van der Waals surface area contributed by atoms with Crippen LogP contribution in [0.15, 0.2) is 29.5 Å². The maximum Gasteiger partial charge on any atom is 0.243 e. The molecular weight excluding hydrogens is 439 g/mol. The molecule has 0 bridgehead atoms. The molecule has 2 aromatic rings. The van der Waals surface area contributed by atoms with Gasteiger partial charge in [-0.05, 0) is 26.0 Å². The van der Waals surface area contributed by atoms with E-state index in [1.807, 2.05) is 13.8 Å². The minimum absolute atomic E-state index is 0. The summed E-state index contributed by atoms with van der Waals surface area (Å²) in [5.41, 5.74) is 1.71. The third kappa shape index (κ3) is 6.40. The van der Waals surface area contributed by atoms with Crippen molar-refractivity contribution in [3.63, 3.8) is 0 Å². The SMILES string of the molecule is CN=C(NCC(=O)Nc1cccnc1)NCc1nc(C)c(C)s1.I. The van der Waals surface area contributed by atoms with E-state index in [9.17, 15) is 4.79 Å². The zero-order chi connectivity index (χ0) is 16.7. The van der Waals surface area contributed by atoms with Crippen LogP contribution in [-0.2, 0) is 11.3 Å². The van der Waals surface area contributed by atoms with Crippen LogP contribution in [0.3, 0.4) is 0 Å². The smallest absolute Gasteiger partial charge is 0.243 e. The van der Waals surface area contributed by atoms with Crippen molar-refractivity contribution in [1.29, 1.82) is 0 Å². The Morgan fingerprint density at radius 2 is 2.12 bits per heavy atom. The summed E-state index contributed by atoms with van der Waals surface area (Å²) in [4.78, 5) is 25.6. The van der Waals surface area contributed by atoms with Gasteiger partial charge in [0.1, 0.15) is 5.01 Å². The van der Waals surface area contributed by atoms with Crippen molar-refractivity contribution in [2.24, 2.45) is 4.99 Å². The molecular formula is C15H21IN6OS. The van der Waals surface area contributed by atoms with Crippen LogP contribution in [0, 0.1) is 13.8 Å². The van der Waals surface area contributed by atoms with Crippen LogP contribution >= 0.6 is 35.3 Å². The lowest BCUT2D eigenvalue weighted by atomic mass is 10.4. The molecule has 7 nitrogen and oxygen atoms in total. The third-order valence-corrected chi connectivity index (χ3v) is 4.14. The number of hydrogen-bond donors (Lipinski definition) is 3. The van der Waals surface area contributed by atoms with Gasteiger partial charge < -0.3 is 16.0 Å². The van der Waals surface area contributed by atoms with Crippen LogP contribution in [0.1, 0.15) is 15.6 Å². The summed E-state index contributed by atoms with van der Waals surface area (Å²) in [5, 5.41) is 9.84. The Hall–Kier alpha value is -1.75. The highest BCUT2D eigenvalue weighted by Gasteiger charge is 2.07. The minimum Gasteiger partial charge on any atom is -0.350 e. The van der Waals surface area contributed by atoms with Crippen LogP contribution in [0.2, 0.25) is 0 Å². The molecule has 0 unspecified atom stereocenters. The molecule has 0 saturated heterocycles. The highest BCUT2D eigenvalue weighted by atomic mass is 127. The number of pyridine rings is 1. The molecule has 0 aromatic carbocycles. The molecule has 0 saturated carbocycles. The molecule has 1 amide bonds. The number of carbonyl (C=O) groups is 1. The Morgan fingerprint density at radius 3 is 2.71 bits per heavy atom. The van der Waals surface area contributed by atoms with Crippen LogP contribution in [0.5, 0.6) is 0 Å². The van der Waals surface area contributed by atoms with E-state index in [4.69, 9.17) is 0 Å². The van der Waals surface area contributed by atoms with E-state index in [2.05, 4.69) is 30.9 Å². The maximum absolute atomic E-state index is 11.9. The molecule has 9 heteroatoms. The molecule has 2 aromatic heterocycles. The first-order chi connectivity index (χ1) is 11.1. The summed E-state index contributed by atoms with van der Waals surface area (Å²) in [6, 6.07) is 3.55. The predicted octanol–water partition coefficient (Wildman–Crippen LogP) is 2.08. The van der Waals surface area contributed by atoms with E-state index >= 15 is 0 Å². The van der Waals surface area contributed by atoms with Gasteiger partial charge in [0.2, 0.25) is 5.91 Å². The summed E-state index contributed by atoms with van der Waals surface area (Å²) >= 11 is 1.65. The summed E-state index contributed by atoms with van der Waals surface area (Å²) < 4.78 is 0. The standard InChI is InChI=1S/C15H20N6OS.HI/c1-10-11(2)23-14(20-10)9-19-15(16-3)18-8-13(22)21-12-5-4-6-17-7-12;/h4-7H,8-9H2,1-3H3,(H,21,22)(H2,16,18,19);1H.